The number of nitrogens with one attached hydrogen (secondary N) is 1. The molecule has 0 aliphatic carbocycles. The summed E-state index contributed by atoms with van der Waals surface area (Å²) in [6.45, 7) is 3.92. The number of aromatic nitrogens is 3. The van der Waals surface area contributed by atoms with Crippen molar-refractivity contribution in [2.75, 3.05) is 11.9 Å². The molecule has 0 spiro atoms. The van der Waals surface area contributed by atoms with Crippen molar-refractivity contribution < 1.29 is 9.53 Å². The zero-order valence-corrected chi connectivity index (χ0v) is 14.0. The van der Waals surface area contributed by atoms with Crippen LogP contribution < -0.4 is 5.32 Å². The lowest BCUT2D eigenvalue weighted by Gasteiger charge is -2.13. The molecule has 3 heterocycles. The van der Waals surface area contributed by atoms with Crippen molar-refractivity contribution in [2.24, 2.45) is 0 Å². The Bertz CT molecular complexity index is 897. The van der Waals surface area contributed by atoms with Gasteiger partial charge in [0.25, 0.3) is 0 Å². The lowest BCUT2D eigenvalue weighted by molar-refractivity contribution is 0.0527. The Balaban J connectivity index is 2.14. The van der Waals surface area contributed by atoms with Crippen molar-refractivity contribution in [3.8, 4) is 0 Å². The lowest BCUT2D eigenvalue weighted by Crippen LogP contribution is -2.10. The van der Waals surface area contributed by atoms with Crippen molar-refractivity contribution in [3.05, 3.63) is 52.9 Å². The fraction of sp³-hybridized carbons (Fsp3) is 0.176. The summed E-state index contributed by atoms with van der Waals surface area (Å²) in [5.41, 5.74) is 2.27. The number of fused-ring (bicyclic) bond motifs is 1. The van der Waals surface area contributed by atoms with Crippen molar-refractivity contribution in [1.29, 1.82) is 0 Å². The van der Waals surface area contributed by atoms with E-state index in [-0.39, 0.29) is 6.61 Å². The van der Waals surface area contributed by atoms with Gasteiger partial charge in [0.05, 0.1) is 17.3 Å². The molecule has 0 saturated heterocycles. The molecule has 0 aromatic carbocycles. The van der Waals surface area contributed by atoms with Crippen molar-refractivity contribution in [2.45, 2.75) is 13.8 Å². The van der Waals surface area contributed by atoms with Crippen LogP contribution in [0.4, 0.5) is 11.5 Å². The second-order valence-electron chi connectivity index (χ2n) is 5.08. The van der Waals surface area contributed by atoms with E-state index in [4.69, 9.17) is 16.3 Å². The molecule has 24 heavy (non-hydrogen) atoms. The Hall–Kier alpha value is -2.73. The number of carbonyl (C=O) groups excluding carboxylic acids is 1. The molecule has 0 saturated carbocycles. The Kier molecular flexibility index (Phi) is 4.57. The molecule has 3 rings (SSSR count). The highest BCUT2D eigenvalue weighted by atomic mass is 35.5. The average Bonchev–Trinajstić information content (AvgIpc) is 2.57. The predicted octanol–water partition coefficient (Wildman–Crippen LogP) is 3.91. The molecule has 0 aliphatic rings. The van der Waals surface area contributed by atoms with Crippen LogP contribution in [0.1, 0.15) is 23.0 Å². The van der Waals surface area contributed by atoms with E-state index in [0.717, 1.165) is 5.69 Å². The van der Waals surface area contributed by atoms with E-state index in [0.29, 0.717) is 33.1 Å². The molecule has 0 atom stereocenters. The van der Waals surface area contributed by atoms with E-state index in [2.05, 4.69) is 20.3 Å². The highest BCUT2D eigenvalue weighted by Crippen LogP contribution is 2.28. The van der Waals surface area contributed by atoms with Gasteiger partial charge in [-0.2, -0.15) is 0 Å². The van der Waals surface area contributed by atoms with Crippen LogP contribution in [-0.2, 0) is 4.74 Å². The number of nitrogens with zero attached hydrogens (tertiary/aromatic N) is 3. The summed E-state index contributed by atoms with van der Waals surface area (Å²) >= 11 is 5.87. The maximum Gasteiger partial charge on any atom is 0.341 e. The van der Waals surface area contributed by atoms with Gasteiger partial charge in [0.2, 0.25) is 0 Å². The number of anilines is 2. The molecular weight excluding hydrogens is 328 g/mol. The number of pyridine rings is 3. The first kappa shape index (κ1) is 16.1. The predicted molar refractivity (Wildman–Crippen MR) is 92.8 cm³/mol. The number of carbonyl (C=O) groups is 1. The summed E-state index contributed by atoms with van der Waals surface area (Å²) in [6, 6.07) is 7.17. The van der Waals surface area contributed by atoms with Crippen LogP contribution in [0.15, 0.2) is 36.7 Å². The van der Waals surface area contributed by atoms with Crippen LogP contribution in [0.25, 0.3) is 11.0 Å². The van der Waals surface area contributed by atoms with Crippen molar-refractivity contribution in [1.82, 2.24) is 15.0 Å². The number of halogens is 1. The van der Waals surface area contributed by atoms with E-state index in [1.54, 1.807) is 19.1 Å². The molecule has 3 aromatic heterocycles. The maximum absolute atomic E-state index is 12.3. The Morgan fingerprint density at radius 3 is 2.75 bits per heavy atom. The van der Waals surface area contributed by atoms with Gasteiger partial charge in [-0.3, -0.25) is 0 Å². The molecule has 3 aromatic rings. The molecule has 0 radical (unpaired) electrons. The van der Waals surface area contributed by atoms with Crippen LogP contribution in [0.3, 0.4) is 0 Å². The van der Waals surface area contributed by atoms with Gasteiger partial charge in [0.15, 0.2) is 5.65 Å². The molecule has 0 bridgehead atoms. The normalized spacial score (nSPS) is 10.6. The average molecular weight is 343 g/mol. The minimum absolute atomic E-state index is 0.279. The highest BCUT2D eigenvalue weighted by Gasteiger charge is 2.18. The molecular formula is C17H15ClN4O2. The van der Waals surface area contributed by atoms with Crippen LogP contribution in [0, 0.1) is 6.92 Å². The zero-order chi connectivity index (χ0) is 17.1. The van der Waals surface area contributed by atoms with Crippen LogP contribution in [0.5, 0.6) is 0 Å². The standard InChI is InChI=1S/C17H15ClN4O2/c1-3-24-17(23)13-9-20-16-12(6-4-10(2)21-16)15(13)22-14-7-5-11(18)8-19-14/h4-9H,3H2,1-2H3,(H,19,20,21,22). The summed E-state index contributed by atoms with van der Waals surface area (Å²) in [7, 11) is 0. The summed E-state index contributed by atoms with van der Waals surface area (Å²) < 4.78 is 5.12. The van der Waals surface area contributed by atoms with Gasteiger partial charge in [-0.15, -0.1) is 0 Å². The summed E-state index contributed by atoms with van der Waals surface area (Å²) in [5.74, 6) is 0.0990. The number of hydrogen-bond donors (Lipinski definition) is 1. The number of rotatable bonds is 4. The Morgan fingerprint density at radius 2 is 2.04 bits per heavy atom. The number of ether oxygens (including phenoxy) is 1. The van der Waals surface area contributed by atoms with Crippen molar-refractivity contribution in [3.63, 3.8) is 0 Å². The highest BCUT2D eigenvalue weighted by molar-refractivity contribution is 6.30. The molecule has 0 amide bonds. The fourth-order valence-electron chi connectivity index (χ4n) is 2.25. The van der Waals surface area contributed by atoms with Gasteiger partial charge in [0, 0.05) is 23.5 Å². The summed E-state index contributed by atoms with van der Waals surface area (Å²) in [4.78, 5) is 25.1. The summed E-state index contributed by atoms with van der Waals surface area (Å²) in [5, 5.41) is 4.39. The molecule has 1 N–H and O–H groups in total. The van der Waals surface area contributed by atoms with Gasteiger partial charge in [0.1, 0.15) is 11.4 Å². The van der Waals surface area contributed by atoms with Gasteiger partial charge < -0.3 is 10.1 Å². The van der Waals surface area contributed by atoms with E-state index >= 15 is 0 Å². The monoisotopic (exact) mass is 342 g/mol. The zero-order valence-electron chi connectivity index (χ0n) is 13.2. The first-order valence-corrected chi connectivity index (χ1v) is 7.78. The third-order valence-electron chi connectivity index (χ3n) is 3.34. The maximum atomic E-state index is 12.3. The van der Waals surface area contributed by atoms with Crippen molar-refractivity contribution >= 4 is 40.1 Å². The molecule has 0 fully saturated rings. The molecule has 7 heteroatoms. The quantitative estimate of drug-likeness (QED) is 0.724. The third kappa shape index (κ3) is 3.28. The second kappa shape index (κ2) is 6.80. The number of hydrogen-bond acceptors (Lipinski definition) is 6. The first-order valence-electron chi connectivity index (χ1n) is 7.40. The largest absolute Gasteiger partial charge is 0.462 e. The molecule has 0 aliphatic heterocycles. The smallest absolute Gasteiger partial charge is 0.341 e. The van der Waals surface area contributed by atoms with E-state index < -0.39 is 5.97 Å². The first-order chi connectivity index (χ1) is 11.6. The van der Waals surface area contributed by atoms with Gasteiger partial charge in [-0.1, -0.05) is 11.6 Å². The lowest BCUT2D eigenvalue weighted by atomic mass is 10.1. The van der Waals surface area contributed by atoms with Gasteiger partial charge in [-0.05, 0) is 38.1 Å². The molecule has 6 nitrogen and oxygen atoms in total. The van der Waals surface area contributed by atoms with Gasteiger partial charge >= 0.3 is 5.97 Å². The van der Waals surface area contributed by atoms with E-state index in [9.17, 15) is 4.79 Å². The topological polar surface area (TPSA) is 77.0 Å². The molecule has 122 valence electrons. The van der Waals surface area contributed by atoms with E-state index in [1.165, 1.54) is 12.4 Å². The SMILES string of the molecule is CCOC(=O)c1cnc2nc(C)ccc2c1Nc1ccc(Cl)cn1. The van der Waals surface area contributed by atoms with Crippen LogP contribution in [-0.4, -0.2) is 27.5 Å². The second-order valence-corrected chi connectivity index (χ2v) is 5.51. The number of aryl methyl sites for hydroxylation is 1. The Labute approximate surface area is 143 Å². The minimum Gasteiger partial charge on any atom is -0.462 e. The Morgan fingerprint density at radius 1 is 1.21 bits per heavy atom. The van der Waals surface area contributed by atoms with Crippen LogP contribution >= 0.6 is 11.6 Å². The third-order valence-corrected chi connectivity index (χ3v) is 3.57. The minimum atomic E-state index is -0.455. The van der Waals surface area contributed by atoms with E-state index in [1.807, 2.05) is 19.1 Å². The van der Waals surface area contributed by atoms with Gasteiger partial charge in [-0.25, -0.2) is 19.7 Å². The number of esters is 1. The molecule has 0 unspecified atom stereocenters. The summed E-state index contributed by atoms with van der Waals surface area (Å²) in [6.07, 6.45) is 2.99. The fourth-order valence-corrected chi connectivity index (χ4v) is 2.36. The van der Waals surface area contributed by atoms with Crippen LogP contribution in [0.2, 0.25) is 5.02 Å².